The molecule has 110 valence electrons. The number of thiophene rings is 1. The van der Waals surface area contributed by atoms with Gasteiger partial charge in [-0.2, -0.15) is 4.98 Å². The first-order valence-electron chi connectivity index (χ1n) is 6.80. The number of aromatic nitrogens is 5. The number of rotatable bonds is 5. The lowest BCUT2D eigenvalue weighted by atomic mass is 10.3. The zero-order valence-electron chi connectivity index (χ0n) is 12.0. The van der Waals surface area contributed by atoms with Gasteiger partial charge in [0.1, 0.15) is 22.8 Å². The molecule has 0 unspecified atom stereocenters. The van der Waals surface area contributed by atoms with Crippen LogP contribution in [0, 0.1) is 0 Å². The number of fused-ring (bicyclic) bond motifs is 1. The van der Waals surface area contributed by atoms with Crippen LogP contribution in [0.5, 0.6) is 0 Å². The summed E-state index contributed by atoms with van der Waals surface area (Å²) in [6, 6.07) is 2.13. The van der Waals surface area contributed by atoms with Crippen molar-refractivity contribution in [1.82, 2.24) is 24.7 Å². The molecule has 0 aliphatic rings. The monoisotopic (exact) mass is 303 g/mol. The lowest BCUT2D eigenvalue weighted by molar-refractivity contribution is 0.787. The van der Waals surface area contributed by atoms with E-state index in [1.54, 1.807) is 17.7 Å². The van der Waals surface area contributed by atoms with Crippen molar-refractivity contribution in [2.75, 3.05) is 17.6 Å². The lowest BCUT2D eigenvalue weighted by Gasteiger charge is -2.07. The summed E-state index contributed by atoms with van der Waals surface area (Å²) in [5, 5.41) is 12.3. The molecule has 0 saturated carbocycles. The third kappa shape index (κ3) is 2.80. The first-order chi connectivity index (χ1) is 10.2. The number of nitrogen functional groups attached to an aromatic ring is 1. The number of anilines is 2. The molecule has 3 aromatic rings. The van der Waals surface area contributed by atoms with E-state index in [0.29, 0.717) is 5.95 Å². The molecule has 0 bridgehead atoms. The van der Waals surface area contributed by atoms with Gasteiger partial charge >= 0.3 is 0 Å². The van der Waals surface area contributed by atoms with Crippen LogP contribution < -0.4 is 11.1 Å². The summed E-state index contributed by atoms with van der Waals surface area (Å²) in [5.74, 6) is 2.02. The molecule has 0 amide bonds. The van der Waals surface area contributed by atoms with Crippen LogP contribution >= 0.6 is 11.3 Å². The molecular weight excluding hydrogens is 286 g/mol. The van der Waals surface area contributed by atoms with E-state index in [1.807, 2.05) is 11.6 Å². The van der Waals surface area contributed by atoms with E-state index in [9.17, 15) is 0 Å². The van der Waals surface area contributed by atoms with Crippen LogP contribution in [0.2, 0.25) is 0 Å². The van der Waals surface area contributed by atoms with E-state index in [1.165, 1.54) is 4.88 Å². The Kier molecular flexibility index (Phi) is 3.70. The minimum absolute atomic E-state index is 0.299. The molecule has 0 spiro atoms. The zero-order valence-corrected chi connectivity index (χ0v) is 12.8. The van der Waals surface area contributed by atoms with Gasteiger partial charge in [0, 0.05) is 24.9 Å². The first-order valence-corrected chi connectivity index (χ1v) is 7.61. The molecule has 3 heterocycles. The maximum Gasteiger partial charge on any atom is 0.223 e. The fourth-order valence-corrected chi connectivity index (χ4v) is 3.10. The molecule has 21 heavy (non-hydrogen) atoms. The quantitative estimate of drug-likeness (QED) is 0.744. The minimum atomic E-state index is 0.299. The van der Waals surface area contributed by atoms with Crippen molar-refractivity contribution in [3.63, 3.8) is 0 Å². The Balaban J connectivity index is 1.79. The van der Waals surface area contributed by atoms with Gasteiger partial charge in [-0.1, -0.05) is 6.92 Å². The molecule has 8 heteroatoms. The molecule has 0 atom stereocenters. The highest BCUT2D eigenvalue weighted by atomic mass is 32.1. The SMILES string of the molecule is CCc1cc2c(NCCc3nncn3C)nc(N)nc2s1. The zero-order chi connectivity index (χ0) is 14.8. The van der Waals surface area contributed by atoms with Crippen molar-refractivity contribution < 1.29 is 0 Å². The van der Waals surface area contributed by atoms with Crippen molar-refractivity contribution in [2.24, 2.45) is 7.05 Å². The van der Waals surface area contributed by atoms with E-state index in [-0.39, 0.29) is 0 Å². The van der Waals surface area contributed by atoms with Crippen LogP contribution in [-0.4, -0.2) is 31.3 Å². The third-order valence-corrected chi connectivity index (χ3v) is 4.43. The Morgan fingerprint density at radius 1 is 1.38 bits per heavy atom. The molecule has 3 rings (SSSR count). The summed E-state index contributed by atoms with van der Waals surface area (Å²) < 4.78 is 1.91. The maximum absolute atomic E-state index is 5.78. The van der Waals surface area contributed by atoms with Gasteiger partial charge in [-0.15, -0.1) is 21.5 Å². The fourth-order valence-electron chi connectivity index (χ4n) is 2.12. The van der Waals surface area contributed by atoms with Crippen molar-refractivity contribution >= 4 is 33.3 Å². The summed E-state index contributed by atoms with van der Waals surface area (Å²) in [7, 11) is 1.93. The highest BCUT2D eigenvalue weighted by Crippen LogP contribution is 2.29. The van der Waals surface area contributed by atoms with Gasteiger partial charge in [-0.3, -0.25) is 0 Å². The molecule has 7 nitrogen and oxygen atoms in total. The number of nitrogens with two attached hydrogens (primary N) is 1. The summed E-state index contributed by atoms with van der Waals surface area (Å²) in [6.45, 7) is 2.85. The van der Waals surface area contributed by atoms with E-state index >= 15 is 0 Å². The highest BCUT2D eigenvalue weighted by Gasteiger charge is 2.10. The number of aryl methyl sites for hydroxylation is 2. The molecule has 0 aromatic carbocycles. The average Bonchev–Trinajstić information content (AvgIpc) is 3.05. The summed E-state index contributed by atoms with van der Waals surface area (Å²) in [4.78, 5) is 10.8. The molecule has 0 aliphatic carbocycles. The van der Waals surface area contributed by atoms with Crippen LogP contribution in [0.4, 0.5) is 11.8 Å². The number of nitrogens with one attached hydrogen (secondary N) is 1. The van der Waals surface area contributed by atoms with E-state index < -0.39 is 0 Å². The summed E-state index contributed by atoms with van der Waals surface area (Å²) in [5.41, 5.74) is 5.78. The Morgan fingerprint density at radius 3 is 2.95 bits per heavy atom. The summed E-state index contributed by atoms with van der Waals surface area (Å²) in [6.07, 6.45) is 3.45. The van der Waals surface area contributed by atoms with Gasteiger partial charge in [0.25, 0.3) is 0 Å². The van der Waals surface area contributed by atoms with Crippen molar-refractivity contribution in [2.45, 2.75) is 19.8 Å². The largest absolute Gasteiger partial charge is 0.369 e. The van der Waals surface area contributed by atoms with E-state index in [0.717, 1.165) is 41.2 Å². The smallest absolute Gasteiger partial charge is 0.223 e. The van der Waals surface area contributed by atoms with Crippen molar-refractivity contribution in [1.29, 1.82) is 0 Å². The van der Waals surface area contributed by atoms with E-state index in [4.69, 9.17) is 5.73 Å². The van der Waals surface area contributed by atoms with Gasteiger partial charge in [0.15, 0.2) is 0 Å². The lowest BCUT2D eigenvalue weighted by Crippen LogP contribution is -2.10. The van der Waals surface area contributed by atoms with Gasteiger partial charge < -0.3 is 15.6 Å². The Hall–Kier alpha value is -2.22. The molecule has 0 radical (unpaired) electrons. The number of nitrogens with zero attached hydrogens (tertiary/aromatic N) is 5. The summed E-state index contributed by atoms with van der Waals surface area (Å²) >= 11 is 1.66. The number of hydrogen-bond donors (Lipinski definition) is 2. The predicted molar refractivity (Wildman–Crippen MR) is 84.4 cm³/mol. The fraction of sp³-hybridized carbons (Fsp3) is 0.385. The van der Waals surface area contributed by atoms with Gasteiger partial charge in [-0.25, -0.2) is 4.98 Å². The minimum Gasteiger partial charge on any atom is -0.369 e. The normalized spacial score (nSPS) is 11.1. The molecular formula is C13H17N7S. The van der Waals surface area contributed by atoms with Crippen molar-refractivity contribution in [3.05, 3.63) is 23.1 Å². The van der Waals surface area contributed by atoms with Gasteiger partial charge in [0.2, 0.25) is 5.95 Å². The molecule has 3 N–H and O–H groups in total. The molecule has 3 aromatic heterocycles. The second kappa shape index (κ2) is 5.65. The third-order valence-electron chi connectivity index (χ3n) is 3.26. The second-order valence-electron chi connectivity index (χ2n) is 4.75. The molecule has 0 fully saturated rings. The van der Waals surface area contributed by atoms with Crippen LogP contribution in [0.3, 0.4) is 0 Å². The average molecular weight is 303 g/mol. The van der Waals surface area contributed by atoms with Gasteiger partial charge in [-0.05, 0) is 12.5 Å². The number of hydrogen-bond acceptors (Lipinski definition) is 7. The first kappa shape index (κ1) is 13.7. The van der Waals surface area contributed by atoms with Crippen LogP contribution in [-0.2, 0) is 19.9 Å². The van der Waals surface area contributed by atoms with Gasteiger partial charge in [0.05, 0.1) is 5.39 Å². The second-order valence-corrected chi connectivity index (χ2v) is 5.87. The van der Waals surface area contributed by atoms with Crippen LogP contribution in [0.25, 0.3) is 10.2 Å². The topological polar surface area (TPSA) is 94.5 Å². The van der Waals surface area contributed by atoms with Crippen LogP contribution in [0.15, 0.2) is 12.4 Å². The predicted octanol–water partition coefficient (Wildman–Crippen LogP) is 1.62. The van der Waals surface area contributed by atoms with Crippen molar-refractivity contribution in [3.8, 4) is 0 Å². The molecule has 0 saturated heterocycles. The van der Waals surface area contributed by atoms with E-state index in [2.05, 4.69) is 38.5 Å². The van der Waals surface area contributed by atoms with Crippen LogP contribution in [0.1, 0.15) is 17.6 Å². The Labute approximate surface area is 126 Å². The maximum atomic E-state index is 5.78. The standard InChI is InChI=1S/C13H17N7S/c1-3-8-6-9-11(17-13(14)18-12(9)21-8)15-5-4-10-19-16-7-20(10)2/h6-7H,3-5H2,1-2H3,(H3,14,15,17,18). The highest BCUT2D eigenvalue weighted by molar-refractivity contribution is 7.18. The Morgan fingerprint density at radius 2 is 2.24 bits per heavy atom. The molecule has 0 aliphatic heterocycles. The Bertz CT molecular complexity index is 761.